The number of aromatic nitrogens is 1. The van der Waals surface area contributed by atoms with Crippen LogP contribution in [0.5, 0.6) is 0 Å². The van der Waals surface area contributed by atoms with Crippen LogP contribution < -0.4 is 9.62 Å². The maximum Gasteiger partial charge on any atom is 0.490 e. The van der Waals surface area contributed by atoms with E-state index in [0.29, 0.717) is 16.4 Å². The highest BCUT2D eigenvalue weighted by atomic mass is 35.5. The number of carboxylic acids is 2. The molecule has 14 heteroatoms. The zero-order valence-electron chi connectivity index (χ0n) is 18.5. The third kappa shape index (κ3) is 7.72. The van der Waals surface area contributed by atoms with E-state index in [1.165, 1.54) is 18.3 Å². The molecule has 35 heavy (non-hydrogen) atoms. The standard InChI is InChI=1S/C19H22ClN3O4S.C2HF3O2/c1-13-16(20)7-6-8-17(13)28(26,27)22-14-11-15(19(24)25)18(21-12-14)23-9-4-2-3-5-10-23;3-2(4,5)1(6)7/h6-8,11-12,22H,2-5,9-10H2,1H3,(H,24,25);(H,6,7). The van der Waals surface area contributed by atoms with Gasteiger partial charge in [0.15, 0.2) is 0 Å². The summed E-state index contributed by atoms with van der Waals surface area (Å²) in [6.07, 6.45) is 0.433. The zero-order valence-corrected chi connectivity index (χ0v) is 20.0. The molecular formula is C21H23ClF3N3O6S. The van der Waals surface area contributed by atoms with Crippen molar-refractivity contribution in [2.45, 2.75) is 43.7 Å². The monoisotopic (exact) mass is 537 g/mol. The van der Waals surface area contributed by atoms with Crippen LogP contribution in [0.15, 0.2) is 35.4 Å². The Morgan fingerprint density at radius 1 is 1.11 bits per heavy atom. The average molecular weight is 538 g/mol. The third-order valence-electron chi connectivity index (χ3n) is 5.00. The minimum Gasteiger partial charge on any atom is -0.478 e. The lowest BCUT2D eigenvalue weighted by Crippen LogP contribution is -2.27. The SMILES string of the molecule is Cc1c(Cl)cccc1S(=O)(=O)Nc1cnc(N2CCCCCC2)c(C(=O)O)c1.O=C(O)C(F)(F)F. The highest BCUT2D eigenvalue weighted by Crippen LogP contribution is 2.28. The Labute approximate surface area is 204 Å². The van der Waals surface area contributed by atoms with Crippen molar-refractivity contribution in [3.63, 3.8) is 0 Å². The van der Waals surface area contributed by atoms with Gasteiger partial charge in [-0.05, 0) is 43.5 Å². The number of benzene rings is 1. The summed E-state index contributed by atoms with van der Waals surface area (Å²) in [4.78, 5) is 26.9. The summed E-state index contributed by atoms with van der Waals surface area (Å²) >= 11 is 6.02. The quantitative estimate of drug-likeness (QED) is 0.505. The number of aromatic carboxylic acids is 1. The summed E-state index contributed by atoms with van der Waals surface area (Å²) in [5.74, 6) is -3.53. The lowest BCUT2D eigenvalue weighted by molar-refractivity contribution is -0.192. The number of pyridine rings is 1. The molecule has 0 spiro atoms. The fourth-order valence-electron chi connectivity index (χ4n) is 3.29. The maximum absolute atomic E-state index is 12.7. The van der Waals surface area contributed by atoms with E-state index < -0.39 is 28.1 Å². The number of nitrogens with zero attached hydrogens (tertiary/aromatic N) is 2. The summed E-state index contributed by atoms with van der Waals surface area (Å²) in [6.45, 7) is 3.08. The van der Waals surface area contributed by atoms with Crippen LogP contribution in [0.1, 0.15) is 41.6 Å². The van der Waals surface area contributed by atoms with Gasteiger partial charge < -0.3 is 15.1 Å². The summed E-state index contributed by atoms with van der Waals surface area (Å²) in [7, 11) is -3.93. The Bertz CT molecular complexity index is 1180. The van der Waals surface area contributed by atoms with E-state index >= 15 is 0 Å². The number of alkyl halides is 3. The fraction of sp³-hybridized carbons (Fsp3) is 0.381. The molecule has 2 heterocycles. The first kappa shape index (κ1) is 28.2. The smallest absolute Gasteiger partial charge is 0.478 e. The van der Waals surface area contributed by atoms with Gasteiger partial charge in [0.05, 0.1) is 16.8 Å². The second-order valence-corrected chi connectivity index (χ2v) is 9.63. The van der Waals surface area contributed by atoms with E-state index in [1.54, 1.807) is 19.1 Å². The Hall–Kier alpha value is -3.06. The topological polar surface area (TPSA) is 137 Å². The Kier molecular flexibility index (Phi) is 9.32. The summed E-state index contributed by atoms with van der Waals surface area (Å²) in [6, 6.07) is 5.91. The van der Waals surface area contributed by atoms with E-state index in [1.807, 2.05) is 4.90 Å². The molecule has 0 bridgehead atoms. The predicted molar refractivity (Wildman–Crippen MR) is 123 cm³/mol. The van der Waals surface area contributed by atoms with Crippen LogP contribution in [0, 0.1) is 6.92 Å². The van der Waals surface area contributed by atoms with Crippen LogP contribution in [-0.4, -0.2) is 54.8 Å². The van der Waals surface area contributed by atoms with Crippen molar-refractivity contribution >= 4 is 45.1 Å². The molecule has 192 valence electrons. The molecule has 0 amide bonds. The number of hydrogen-bond acceptors (Lipinski definition) is 6. The summed E-state index contributed by atoms with van der Waals surface area (Å²) in [5.41, 5.74) is 0.490. The minimum absolute atomic E-state index is 0.0232. The molecule has 0 saturated carbocycles. The van der Waals surface area contributed by atoms with Gasteiger partial charge in [-0.2, -0.15) is 13.2 Å². The van der Waals surface area contributed by atoms with Crippen molar-refractivity contribution in [3.8, 4) is 0 Å². The van der Waals surface area contributed by atoms with Gasteiger partial charge >= 0.3 is 18.1 Å². The lowest BCUT2D eigenvalue weighted by atomic mass is 10.2. The Balaban J connectivity index is 0.000000540. The van der Waals surface area contributed by atoms with Crippen molar-refractivity contribution in [3.05, 3.63) is 46.6 Å². The molecule has 1 aliphatic heterocycles. The molecule has 9 nitrogen and oxygen atoms in total. The van der Waals surface area contributed by atoms with Crippen LogP contribution in [0.25, 0.3) is 0 Å². The number of sulfonamides is 1. The van der Waals surface area contributed by atoms with Gasteiger partial charge in [-0.3, -0.25) is 4.72 Å². The second-order valence-electron chi connectivity index (χ2n) is 7.57. The van der Waals surface area contributed by atoms with Gasteiger partial charge in [-0.15, -0.1) is 0 Å². The Morgan fingerprint density at radius 3 is 2.20 bits per heavy atom. The van der Waals surface area contributed by atoms with Crippen LogP contribution in [0.3, 0.4) is 0 Å². The number of aliphatic carboxylic acids is 1. The van der Waals surface area contributed by atoms with Gasteiger partial charge in [0.25, 0.3) is 10.0 Å². The minimum atomic E-state index is -5.08. The highest BCUT2D eigenvalue weighted by molar-refractivity contribution is 7.92. The number of carbonyl (C=O) groups is 2. The number of nitrogens with one attached hydrogen (secondary N) is 1. The van der Waals surface area contributed by atoms with Gasteiger partial charge in [0.2, 0.25) is 0 Å². The summed E-state index contributed by atoms with van der Waals surface area (Å²) in [5, 5.41) is 17.1. The molecule has 1 saturated heterocycles. The van der Waals surface area contributed by atoms with E-state index in [0.717, 1.165) is 38.8 Å². The van der Waals surface area contributed by atoms with Crippen molar-refractivity contribution in [1.29, 1.82) is 0 Å². The van der Waals surface area contributed by atoms with E-state index in [-0.39, 0.29) is 16.1 Å². The van der Waals surface area contributed by atoms with Crippen molar-refractivity contribution in [2.75, 3.05) is 22.7 Å². The highest BCUT2D eigenvalue weighted by Gasteiger charge is 2.38. The van der Waals surface area contributed by atoms with Crippen LogP contribution in [-0.2, 0) is 14.8 Å². The number of halogens is 4. The first-order chi connectivity index (χ1) is 16.2. The molecule has 1 fully saturated rings. The lowest BCUT2D eigenvalue weighted by Gasteiger charge is -2.23. The molecular weight excluding hydrogens is 515 g/mol. The first-order valence-corrected chi connectivity index (χ1v) is 12.2. The number of rotatable bonds is 5. The van der Waals surface area contributed by atoms with Gasteiger partial charge in [-0.1, -0.05) is 30.5 Å². The normalized spacial score (nSPS) is 14.4. The van der Waals surface area contributed by atoms with Gasteiger partial charge in [-0.25, -0.2) is 23.0 Å². The zero-order chi connectivity index (χ0) is 26.4. The van der Waals surface area contributed by atoms with Gasteiger partial charge in [0.1, 0.15) is 11.4 Å². The Morgan fingerprint density at radius 2 is 1.69 bits per heavy atom. The van der Waals surface area contributed by atoms with E-state index in [4.69, 9.17) is 21.5 Å². The average Bonchev–Trinajstić information content (AvgIpc) is 3.04. The number of carboxylic acid groups (broad SMARTS) is 2. The number of hydrogen-bond donors (Lipinski definition) is 3. The largest absolute Gasteiger partial charge is 0.490 e. The fourth-order valence-corrected chi connectivity index (χ4v) is 4.83. The molecule has 0 radical (unpaired) electrons. The van der Waals surface area contributed by atoms with Crippen LogP contribution in [0.4, 0.5) is 24.7 Å². The second kappa shape index (κ2) is 11.6. The number of anilines is 2. The molecule has 3 rings (SSSR count). The molecule has 2 aromatic rings. The van der Waals surface area contributed by atoms with Crippen LogP contribution >= 0.6 is 11.6 Å². The molecule has 1 aromatic carbocycles. The van der Waals surface area contributed by atoms with Gasteiger partial charge in [0, 0.05) is 18.1 Å². The first-order valence-electron chi connectivity index (χ1n) is 10.3. The molecule has 0 unspecified atom stereocenters. The maximum atomic E-state index is 12.7. The molecule has 0 atom stereocenters. The van der Waals surface area contributed by atoms with Crippen molar-refractivity contribution in [2.24, 2.45) is 0 Å². The molecule has 3 N–H and O–H groups in total. The third-order valence-corrected chi connectivity index (χ3v) is 6.94. The van der Waals surface area contributed by atoms with E-state index in [2.05, 4.69) is 9.71 Å². The molecule has 1 aliphatic rings. The van der Waals surface area contributed by atoms with Crippen molar-refractivity contribution < 1.29 is 41.4 Å². The predicted octanol–water partition coefficient (Wildman–Crippen LogP) is 4.56. The van der Waals surface area contributed by atoms with Crippen molar-refractivity contribution in [1.82, 2.24) is 4.98 Å². The summed E-state index contributed by atoms with van der Waals surface area (Å²) < 4.78 is 59.6. The molecule has 0 aliphatic carbocycles. The molecule has 1 aromatic heterocycles. The van der Waals surface area contributed by atoms with E-state index in [9.17, 15) is 31.5 Å². The van der Waals surface area contributed by atoms with Crippen LogP contribution in [0.2, 0.25) is 5.02 Å².